The summed E-state index contributed by atoms with van der Waals surface area (Å²) >= 11 is 6.49. The summed E-state index contributed by atoms with van der Waals surface area (Å²) in [5.74, 6) is 0. The van der Waals surface area contributed by atoms with Crippen LogP contribution >= 0.6 is 11.6 Å². The van der Waals surface area contributed by atoms with E-state index in [0.717, 1.165) is 22.7 Å². The van der Waals surface area contributed by atoms with Crippen molar-refractivity contribution in [1.29, 1.82) is 0 Å². The van der Waals surface area contributed by atoms with E-state index < -0.39 is 8.32 Å². The normalized spacial score (nSPS) is 12.6. The molecular formula is C23H26ClNOSi. The topological polar surface area (TPSA) is 12.5 Å². The Balaban J connectivity index is 2.06. The minimum Gasteiger partial charge on any atom is -0.320 e. The Bertz CT molecular complexity index is 849. The van der Waals surface area contributed by atoms with Crippen molar-refractivity contribution in [2.75, 3.05) is 5.06 Å². The second kappa shape index (κ2) is 8.74. The Morgan fingerprint density at radius 2 is 1.37 bits per heavy atom. The van der Waals surface area contributed by atoms with Crippen LogP contribution < -0.4 is 5.06 Å². The van der Waals surface area contributed by atoms with E-state index in [1.807, 2.05) is 42.5 Å². The van der Waals surface area contributed by atoms with Gasteiger partial charge in [0.25, 0.3) is 0 Å². The Labute approximate surface area is 168 Å². The van der Waals surface area contributed by atoms with E-state index in [2.05, 4.69) is 67.2 Å². The van der Waals surface area contributed by atoms with Crippen LogP contribution in [-0.4, -0.2) is 8.32 Å². The molecule has 0 fully saturated rings. The third kappa shape index (κ3) is 5.45. The van der Waals surface area contributed by atoms with Gasteiger partial charge in [0, 0.05) is 11.4 Å². The van der Waals surface area contributed by atoms with Gasteiger partial charge in [-0.1, -0.05) is 78.3 Å². The molecule has 27 heavy (non-hydrogen) atoms. The quantitative estimate of drug-likeness (QED) is 0.318. The maximum Gasteiger partial charge on any atom is 0.220 e. The van der Waals surface area contributed by atoms with E-state index in [1.54, 1.807) is 0 Å². The average molecular weight is 396 g/mol. The van der Waals surface area contributed by atoms with Crippen LogP contribution in [0.3, 0.4) is 0 Å². The van der Waals surface area contributed by atoms with Crippen molar-refractivity contribution in [3.63, 3.8) is 0 Å². The van der Waals surface area contributed by atoms with Gasteiger partial charge in [0.2, 0.25) is 8.32 Å². The number of halogens is 1. The number of hydroxylamine groups is 1. The van der Waals surface area contributed by atoms with E-state index >= 15 is 0 Å². The van der Waals surface area contributed by atoms with Gasteiger partial charge >= 0.3 is 0 Å². The first-order valence-electron chi connectivity index (χ1n) is 9.26. The molecule has 0 aliphatic heterocycles. The molecule has 0 bridgehead atoms. The van der Waals surface area contributed by atoms with Crippen LogP contribution in [0.5, 0.6) is 0 Å². The summed E-state index contributed by atoms with van der Waals surface area (Å²) in [6.07, 6.45) is 0.767. The van der Waals surface area contributed by atoms with Crippen LogP contribution in [0.2, 0.25) is 24.7 Å². The molecule has 0 radical (unpaired) electrons. The summed E-state index contributed by atoms with van der Waals surface area (Å²) in [7, 11) is -1.84. The lowest BCUT2D eigenvalue weighted by molar-refractivity contribution is 0.233. The first kappa shape index (κ1) is 19.7. The predicted octanol–water partition coefficient (Wildman–Crippen LogP) is 6.90. The second-order valence-electron chi connectivity index (χ2n) is 7.59. The number of nitrogens with zero attached hydrogens (tertiary/aromatic N) is 1. The molecular weight excluding hydrogens is 370 g/mol. The standard InChI is InChI=1S/C23H26ClNOSi/c1-27(2,3)26-25(21-15-8-5-9-16-21)23(19-12-6-4-7-13-19)18-20-14-10-11-17-22(20)24/h4-17,23H,18H2,1-3H3. The molecule has 0 aromatic heterocycles. The fourth-order valence-electron chi connectivity index (χ4n) is 3.05. The van der Waals surface area contributed by atoms with Crippen LogP contribution in [-0.2, 0) is 10.9 Å². The zero-order valence-corrected chi connectivity index (χ0v) is 17.9. The highest BCUT2D eigenvalue weighted by molar-refractivity contribution is 6.69. The lowest BCUT2D eigenvalue weighted by Gasteiger charge is -2.37. The number of hydrogen-bond acceptors (Lipinski definition) is 2. The lowest BCUT2D eigenvalue weighted by Crippen LogP contribution is -2.40. The van der Waals surface area contributed by atoms with Crippen LogP contribution in [0.15, 0.2) is 84.9 Å². The summed E-state index contributed by atoms with van der Waals surface area (Å²) in [5, 5.41) is 2.88. The third-order valence-corrected chi connectivity index (χ3v) is 5.33. The first-order valence-corrected chi connectivity index (χ1v) is 13.0. The minimum absolute atomic E-state index is 0.0280. The molecule has 3 rings (SSSR count). The Morgan fingerprint density at radius 1 is 0.815 bits per heavy atom. The van der Waals surface area contributed by atoms with Crippen molar-refractivity contribution in [3.8, 4) is 0 Å². The van der Waals surface area contributed by atoms with Gasteiger partial charge < -0.3 is 4.53 Å². The highest BCUT2D eigenvalue weighted by atomic mass is 35.5. The highest BCUT2D eigenvalue weighted by Crippen LogP contribution is 2.33. The van der Waals surface area contributed by atoms with Crippen molar-refractivity contribution < 1.29 is 4.53 Å². The molecule has 1 atom stereocenters. The van der Waals surface area contributed by atoms with Crippen molar-refractivity contribution >= 4 is 25.6 Å². The smallest absolute Gasteiger partial charge is 0.220 e. The largest absolute Gasteiger partial charge is 0.320 e. The van der Waals surface area contributed by atoms with E-state index in [1.165, 1.54) is 5.56 Å². The molecule has 1 unspecified atom stereocenters. The van der Waals surface area contributed by atoms with Crippen LogP contribution in [0.25, 0.3) is 0 Å². The van der Waals surface area contributed by atoms with Crippen molar-refractivity contribution in [2.24, 2.45) is 0 Å². The molecule has 3 aromatic carbocycles. The Morgan fingerprint density at radius 3 is 1.96 bits per heavy atom. The molecule has 0 saturated carbocycles. The van der Waals surface area contributed by atoms with E-state index in [0.29, 0.717) is 0 Å². The summed E-state index contributed by atoms with van der Waals surface area (Å²) in [6, 6.07) is 28.9. The molecule has 0 aliphatic carbocycles. The minimum atomic E-state index is -1.84. The average Bonchev–Trinajstić information content (AvgIpc) is 2.66. The highest BCUT2D eigenvalue weighted by Gasteiger charge is 2.28. The van der Waals surface area contributed by atoms with Gasteiger partial charge in [-0.05, 0) is 49.0 Å². The molecule has 0 amide bonds. The first-order chi connectivity index (χ1) is 12.9. The molecule has 4 heteroatoms. The number of para-hydroxylation sites is 1. The maximum absolute atomic E-state index is 6.58. The molecule has 0 heterocycles. The van der Waals surface area contributed by atoms with Gasteiger partial charge in [-0.2, -0.15) is 0 Å². The van der Waals surface area contributed by atoms with Crippen molar-refractivity contribution in [3.05, 3.63) is 101 Å². The second-order valence-corrected chi connectivity index (χ2v) is 12.4. The SMILES string of the molecule is C[Si](C)(C)ON(c1ccccc1)C(Cc1ccccc1Cl)c1ccccc1. The molecule has 0 spiro atoms. The van der Waals surface area contributed by atoms with E-state index in [9.17, 15) is 0 Å². The van der Waals surface area contributed by atoms with Gasteiger partial charge in [-0.15, -0.1) is 0 Å². The van der Waals surface area contributed by atoms with Crippen LogP contribution in [0.4, 0.5) is 5.69 Å². The predicted molar refractivity (Wildman–Crippen MR) is 118 cm³/mol. The molecule has 0 aliphatic rings. The third-order valence-electron chi connectivity index (χ3n) is 4.22. The van der Waals surface area contributed by atoms with E-state index in [4.69, 9.17) is 16.1 Å². The van der Waals surface area contributed by atoms with Crippen LogP contribution in [0.1, 0.15) is 17.2 Å². The molecule has 3 aromatic rings. The summed E-state index contributed by atoms with van der Waals surface area (Å²) in [5.41, 5.74) is 3.38. The summed E-state index contributed by atoms with van der Waals surface area (Å²) < 4.78 is 6.58. The molecule has 2 nitrogen and oxygen atoms in total. The Kier molecular flexibility index (Phi) is 6.37. The van der Waals surface area contributed by atoms with Crippen molar-refractivity contribution in [1.82, 2.24) is 0 Å². The number of rotatable bonds is 7. The zero-order chi connectivity index (χ0) is 19.3. The molecule has 0 saturated heterocycles. The molecule has 0 N–H and O–H groups in total. The molecule has 140 valence electrons. The number of benzene rings is 3. The fourth-order valence-corrected chi connectivity index (χ4v) is 4.09. The fraction of sp³-hybridized carbons (Fsp3) is 0.217. The number of hydrogen-bond donors (Lipinski definition) is 0. The summed E-state index contributed by atoms with van der Waals surface area (Å²) in [6.45, 7) is 6.63. The van der Waals surface area contributed by atoms with Gasteiger partial charge in [-0.3, -0.25) is 5.06 Å². The maximum atomic E-state index is 6.58. The zero-order valence-electron chi connectivity index (χ0n) is 16.1. The van der Waals surface area contributed by atoms with Crippen molar-refractivity contribution in [2.45, 2.75) is 32.1 Å². The monoisotopic (exact) mass is 395 g/mol. The van der Waals surface area contributed by atoms with Gasteiger partial charge in [0.1, 0.15) is 0 Å². The lowest BCUT2D eigenvalue weighted by atomic mass is 9.98. The van der Waals surface area contributed by atoms with Gasteiger partial charge in [0.15, 0.2) is 0 Å². The van der Waals surface area contributed by atoms with Gasteiger partial charge in [0.05, 0.1) is 11.7 Å². The van der Waals surface area contributed by atoms with Crippen LogP contribution in [0, 0.1) is 0 Å². The van der Waals surface area contributed by atoms with E-state index in [-0.39, 0.29) is 6.04 Å². The Hall–Kier alpha value is -2.07. The van der Waals surface area contributed by atoms with Gasteiger partial charge in [-0.25, -0.2) is 0 Å². The number of anilines is 1. The summed E-state index contributed by atoms with van der Waals surface area (Å²) in [4.78, 5) is 0.